The number of amides is 4. The molecule has 0 aromatic heterocycles. The first-order valence-electron chi connectivity index (χ1n) is 13.7. The van der Waals surface area contributed by atoms with Crippen molar-refractivity contribution >= 4 is 58.3 Å². The van der Waals surface area contributed by atoms with Crippen molar-refractivity contribution < 1.29 is 38.6 Å². The Kier molecular flexibility index (Phi) is 6.67. The maximum Gasteiger partial charge on any atom is 0.253 e. The lowest BCUT2D eigenvalue weighted by Gasteiger charge is -2.50. The number of hydrogen-bond donors (Lipinski definition) is 1. The molecule has 3 fully saturated rings. The fourth-order valence-corrected chi connectivity index (χ4v) is 8.32. The van der Waals surface area contributed by atoms with Crippen molar-refractivity contribution in [2.24, 2.45) is 17.8 Å². The summed E-state index contributed by atoms with van der Waals surface area (Å²) in [6, 6.07) is 9.22. The second kappa shape index (κ2) is 9.82. The van der Waals surface area contributed by atoms with Crippen LogP contribution >= 0.6 is 23.2 Å². The van der Waals surface area contributed by atoms with Crippen molar-refractivity contribution in [1.82, 2.24) is 4.90 Å². The van der Waals surface area contributed by atoms with Gasteiger partial charge in [0, 0.05) is 18.5 Å². The molecule has 6 unspecified atom stereocenters. The Morgan fingerprint density at radius 2 is 1.56 bits per heavy atom. The van der Waals surface area contributed by atoms with Gasteiger partial charge in [-0.05, 0) is 67.6 Å². The number of Topliss-reactive ketones (excluding diaryl/α,β-unsaturated/α-hetero) is 1. The Labute approximate surface area is 257 Å². The summed E-state index contributed by atoms with van der Waals surface area (Å²) in [6.45, 7) is 1.42. The fourth-order valence-electron chi connectivity index (χ4n) is 7.30. The van der Waals surface area contributed by atoms with Gasteiger partial charge in [0.2, 0.25) is 17.6 Å². The molecule has 0 spiro atoms. The van der Waals surface area contributed by atoms with Crippen molar-refractivity contribution in [3.05, 3.63) is 59.2 Å². The normalized spacial score (nSPS) is 31.4. The highest BCUT2D eigenvalue weighted by atomic mass is 35.5. The number of hydrogen-bond acceptors (Lipinski definition) is 8. The molecule has 6 rings (SSSR count). The molecule has 6 atom stereocenters. The van der Waals surface area contributed by atoms with Gasteiger partial charge in [-0.25, -0.2) is 0 Å². The predicted molar refractivity (Wildman–Crippen MR) is 156 cm³/mol. The molecule has 12 heteroatoms. The number of fused-ring (bicyclic) bond motifs is 4. The number of nitrogens with zero attached hydrogens (tertiary/aromatic N) is 2. The number of aromatic hydroxyl groups is 1. The van der Waals surface area contributed by atoms with Gasteiger partial charge >= 0.3 is 0 Å². The fraction of sp³-hybridized carbons (Fsp3) is 0.387. The van der Waals surface area contributed by atoms with Crippen molar-refractivity contribution in [2.45, 2.75) is 35.4 Å². The second-order valence-corrected chi connectivity index (χ2v) is 12.6. The third-order valence-corrected chi connectivity index (χ3v) is 10.8. The highest BCUT2D eigenvalue weighted by Gasteiger charge is 2.76. The lowest BCUT2D eigenvalue weighted by Crippen LogP contribution is -2.60. The number of rotatable bonds is 5. The van der Waals surface area contributed by atoms with E-state index in [1.807, 2.05) is 6.08 Å². The Morgan fingerprint density at radius 3 is 2.12 bits per heavy atom. The minimum absolute atomic E-state index is 0.0450. The number of likely N-dealkylation sites (tertiary alicyclic amines) is 1. The number of alkyl halides is 2. The monoisotopic (exact) mass is 626 g/mol. The van der Waals surface area contributed by atoms with Gasteiger partial charge in [-0.1, -0.05) is 11.6 Å². The molecular formula is C31H28Cl2N2O8. The topological polar surface area (TPSA) is 131 Å². The standard InChI is InChI=1S/C31H28Cl2N2O8/c1-14(36)15-5-7-17(8-6-15)35-26(38)19-10-9-18-20(23(19)27(35)39)13-30(32)28(40)34(2)29(41)31(30,33)24(18)16-11-21(42-3)25(37)22(12-16)43-4/h5-9,11-12,19-20,23-24,37H,10,13H2,1-4H3. The largest absolute Gasteiger partial charge is 0.502 e. The third kappa shape index (κ3) is 3.75. The summed E-state index contributed by atoms with van der Waals surface area (Å²) < 4.78 is 10.7. The van der Waals surface area contributed by atoms with Crippen molar-refractivity contribution in [2.75, 3.05) is 26.2 Å². The van der Waals surface area contributed by atoms with E-state index in [0.717, 1.165) is 9.80 Å². The molecule has 4 amide bonds. The number of halogens is 2. The predicted octanol–water partition coefficient (Wildman–Crippen LogP) is 3.81. The molecular weight excluding hydrogens is 599 g/mol. The van der Waals surface area contributed by atoms with Crippen LogP contribution in [-0.2, 0) is 19.2 Å². The van der Waals surface area contributed by atoms with Crippen LogP contribution in [0, 0.1) is 17.8 Å². The summed E-state index contributed by atoms with van der Waals surface area (Å²) in [5, 5.41) is 10.6. The van der Waals surface area contributed by atoms with E-state index in [4.69, 9.17) is 32.7 Å². The third-order valence-electron chi connectivity index (χ3n) is 9.38. The van der Waals surface area contributed by atoms with Gasteiger partial charge in [0.25, 0.3) is 11.8 Å². The van der Waals surface area contributed by atoms with Crippen molar-refractivity contribution in [1.29, 1.82) is 0 Å². The summed E-state index contributed by atoms with van der Waals surface area (Å²) in [5.74, 6) is -5.97. The second-order valence-electron chi connectivity index (χ2n) is 11.4. The minimum atomic E-state index is -1.99. The van der Waals surface area contributed by atoms with E-state index in [1.165, 1.54) is 40.3 Å². The molecule has 224 valence electrons. The number of phenolic OH excluding ortho intramolecular Hbond substituents is 1. The number of ketones is 1. The first-order chi connectivity index (χ1) is 20.3. The van der Waals surface area contributed by atoms with Gasteiger partial charge in [0.15, 0.2) is 27.0 Å². The molecule has 2 saturated heterocycles. The van der Waals surface area contributed by atoms with Gasteiger partial charge in [0.1, 0.15) is 0 Å². The number of methoxy groups -OCH3 is 2. The van der Waals surface area contributed by atoms with Crippen LogP contribution in [0.1, 0.15) is 41.6 Å². The van der Waals surface area contributed by atoms with Gasteiger partial charge < -0.3 is 14.6 Å². The number of allylic oxidation sites excluding steroid dienone is 2. The smallest absolute Gasteiger partial charge is 0.253 e. The molecule has 1 saturated carbocycles. The molecule has 0 bridgehead atoms. The average molecular weight is 627 g/mol. The lowest BCUT2D eigenvalue weighted by atomic mass is 9.56. The van der Waals surface area contributed by atoms with Crippen molar-refractivity contribution in [3.63, 3.8) is 0 Å². The number of imide groups is 2. The quantitative estimate of drug-likeness (QED) is 0.229. The Bertz CT molecular complexity index is 1630. The van der Waals surface area contributed by atoms with Gasteiger partial charge in [-0.3, -0.25) is 33.8 Å². The number of carbonyl (C=O) groups excluding carboxylic acids is 5. The van der Waals surface area contributed by atoms with Gasteiger partial charge in [-0.2, -0.15) is 0 Å². The summed E-state index contributed by atoms with van der Waals surface area (Å²) in [5.41, 5.74) is 1.74. The Morgan fingerprint density at radius 1 is 0.953 bits per heavy atom. The molecule has 43 heavy (non-hydrogen) atoms. The van der Waals surface area contributed by atoms with E-state index >= 15 is 0 Å². The van der Waals surface area contributed by atoms with E-state index in [9.17, 15) is 29.1 Å². The van der Waals surface area contributed by atoms with Gasteiger partial charge in [-0.15, -0.1) is 23.2 Å². The molecule has 2 aromatic rings. The number of ether oxygens (including phenoxy) is 2. The van der Waals surface area contributed by atoms with E-state index in [-0.39, 0.29) is 35.9 Å². The van der Waals surface area contributed by atoms with Crippen LogP contribution in [0.4, 0.5) is 5.69 Å². The molecule has 2 aliphatic heterocycles. The summed E-state index contributed by atoms with van der Waals surface area (Å²) in [7, 11) is 4.02. The van der Waals surface area contributed by atoms with Crippen molar-refractivity contribution in [3.8, 4) is 17.2 Å². The summed E-state index contributed by atoms with van der Waals surface area (Å²) in [6.07, 6.45) is 1.84. The molecule has 10 nitrogen and oxygen atoms in total. The van der Waals surface area contributed by atoms with Crippen LogP contribution in [0.15, 0.2) is 48.0 Å². The Balaban J connectivity index is 1.51. The van der Waals surface area contributed by atoms with E-state index < -0.39 is 57.0 Å². The molecule has 2 aromatic carbocycles. The zero-order valence-corrected chi connectivity index (χ0v) is 25.2. The first-order valence-corrected chi connectivity index (χ1v) is 14.4. The maximum absolute atomic E-state index is 14.1. The minimum Gasteiger partial charge on any atom is -0.502 e. The number of phenols is 1. The molecule has 2 heterocycles. The zero-order valence-electron chi connectivity index (χ0n) is 23.7. The number of carbonyl (C=O) groups is 5. The lowest BCUT2D eigenvalue weighted by molar-refractivity contribution is -0.138. The van der Waals surface area contributed by atoms with Crippen LogP contribution in [-0.4, -0.2) is 70.4 Å². The Hall–Kier alpha value is -3.89. The SMILES string of the molecule is COc1cc(C2C3=CCC4C(=O)N(c5ccc(C(C)=O)cc5)C(=O)C4C3CC3(Cl)C(=O)N(C)C(=O)C23Cl)cc(OC)c1O. The van der Waals surface area contributed by atoms with Gasteiger partial charge in [0.05, 0.1) is 31.7 Å². The van der Waals surface area contributed by atoms with Crippen LogP contribution in [0.5, 0.6) is 17.2 Å². The molecule has 1 N–H and O–H groups in total. The average Bonchev–Trinajstić information content (AvgIpc) is 3.32. The highest BCUT2D eigenvalue weighted by Crippen LogP contribution is 2.66. The summed E-state index contributed by atoms with van der Waals surface area (Å²) >= 11 is 14.4. The van der Waals surface area contributed by atoms with E-state index in [1.54, 1.807) is 24.3 Å². The zero-order chi connectivity index (χ0) is 31.2. The molecule has 2 aliphatic carbocycles. The number of benzene rings is 2. The summed E-state index contributed by atoms with van der Waals surface area (Å²) in [4.78, 5) is 65.0. The molecule has 4 aliphatic rings. The van der Waals surface area contributed by atoms with Crippen LogP contribution < -0.4 is 14.4 Å². The molecule has 0 radical (unpaired) electrons. The van der Waals surface area contributed by atoms with Crippen LogP contribution in [0.2, 0.25) is 0 Å². The van der Waals surface area contributed by atoms with E-state index in [0.29, 0.717) is 22.4 Å². The van der Waals surface area contributed by atoms with Crippen LogP contribution in [0.25, 0.3) is 0 Å². The first kappa shape index (κ1) is 29.2. The van der Waals surface area contributed by atoms with Crippen LogP contribution in [0.3, 0.4) is 0 Å². The van der Waals surface area contributed by atoms with E-state index in [2.05, 4.69) is 0 Å². The number of anilines is 1. The highest BCUT2D eigenvalue weighted by molar-refractivity contribution is 6.53. The maximum atomic E-state index is 14.1.